The normalized spacial score (nSPS) is 20.7. The van der Waals surface area contributed by atoms with Crippen LogP contribution >= 0.6 is 11.8 Å². The Morgan fingerprint density at radius 3 is 2.64 bits per heavy atom. The topological polar surface area (TPSA) is 43.1 Å². The molecule has 0 amide bonds. The summed E-state index contributed by atoms with van der Waals surface area (Å²) in [6.45, 7) is 0. The molecule has 0 aromatic rings. The summed E-state index contributed by atoms with van der Waals surface area (Å²) in [4.78, 5) is 11.9. The van der Waals surface area contributed by atoms with Crippen molar-refractivity contribution in [3.8, 4) is 0 Å². The Labute approximate surface area is 91.0 Å². The molecule has 82 valence electrons. The van der Waals surface area contributed by atoms with Gasteiger partial charge < -0.3 is 5.73 Å². The number of carbonyl (C=O) groups is 1. The van der Waals surface area contributed by atoms with Crippen LogP contribution in [0.5, 0.6) is 0 Å². The van der Waals surface area contributed by atoms with Gasteiger partial charge in [0.25, 0.3) is 0 Å². The van der Waals surface area contributed by atoms with E-state index in [1.165, 1.54) is 19.3 Å². The van der Waals surface area contributed by atoms with Crippen LogP contribution in [0.4, 0.5) is 0 Å². The Bertz CT molecular complexity index is 178. The number of thioether (sulfide) groups is 1. The van der Waals surface area contributed by atoms with Gasteiger partial charge in [-0.2, -0.15) is 11.8 Å². The van der Waals surface area contributed by atoms with Crippen LogP contribution in [-0.2, 0) is 4.79 Å². The monoisotopic (exact) mass is 215 g/mol. The van der Waals surface area contributed by atoms with Crippen molar-refractivity contribution in [2.45, 2.75) is 44.6 Å². The second-order valence-electron chi connectivity index (χ2n) is 4.13. The van der Waals surface area contributed by atoms with Crippen LogP contribution in [0, 0.1) is 5.92 Å². The summed E-state index contributed by atoms with van der Waals surface area (Å²) in [6, 6.07) is -0.203. The van der Waals surface area contributed by atoms with Crippen LogP contribution in [0.25, 0.3) is 0 Å². The molecule has 0 radical (unpaired) electrons. The van der Waals surface area contributed by atoms with E-state index in [0.29, 0.717) is 5.78 Å². The van der Waals surface area contributed by atoms with Gasteiger partial charge >= 0.3 is 0 Å². The third-order valence-corrected chi connectivity index (χ3v) is 3.65. The average molecular weight is 215 g/mol. The van der Waals surface area contributed by atoms with Gasteiger partial charge in [0, 0.05) is 5.92 Å². The Hall–Kier alpha value is -0.0200. The molecule has 1 aliphatic carbocycles. The van der Waals surface area contributed by atoms with Crippen molar-refractivity contribution in [1.82, 2.24) is 0 Å². The molecule has 0 bridgehead atoms. The molecule has 0 spiro atoms. The van der Waals surface area contributed by atoms with Gasteiger partial charge in [-0.3, -0.25) is 4.79 Å². The fourth-order valence-electron chi connectivity index (χ4n) is 2.08. The van der Waals surface area contributed by atoms with Crippen molar-refractivity contribution in [2.75, 3.05) is 12.0 Å². The molecule has 14 heavy (non-hydrogen) atoms. The van der Waals surface area contributed by atoms with E-state index in [0.717, 1.165) is 25.0 Å². The lowest BCUT2D eigenvalue weighted by atomic mass is 9.83. The lowest BCUT2D eigenvalue weighted by Gasteiger charge is -2.23. The molecule has 1 atom stereocenters. The molecule has 1 rings (SSSR count). The maximum Gasteiger partial charge on any atom is 0.152 e. The molecule has 1 aliphatic rings. The number of ketones is 1. The zero-order valence-corrected chi connectivity index (χ0v) is 9.81. The highest BCUT2D eigenvalue weighted by Crippen LogP contribution is 2.25. The van der Waals surface area contributed by atoms with E-state index < -0.39 is 0 Å². The van der Waals surface area contributed by atoms with Crippen molar-refractivity contribution in [1.29, 1.82) is 0 Å². The minimum atomic E-state index is -0.203. The van der Waals surface area contributed by atoms with Crippen LogP contribution in [0.15, 0.2) is 0 Å². The first-order valence-corrected chi connectivity index (χ1v) is 6.93. The smallest absolute Gasteiger partial charge is 0.152 e. The molecule has 0 saturated heterocycles. The molecule has 2 N–H and O–H groups in total. The zero-order chi connectivity index (χ0) is 10.4. The van der Waals surface area contributed by atoms with E-state index in [9.17, 15) is 4.79 Å². The molecule has 2 nitrogen and oxygen atoms in total. The van der Waals surface area contributed by atoms with E-state index in [1.807, 2.05) is 0 Å². The Balaban J connectivity index is 2.30. The van der Waals surface area contributed by atoms with Gasteiger partial charge in [-0.15, -0.1) is 0 Å². The minimum Gasteiger partial charge on any atom is -0.321 e. The number of rotatable bonds is 5. The van der Waals surface area contributed by atoms with Crippen LogP contribution in [0.1, 0.15) is 38.5 Å². The first-order valence-electron chi connectivity index (χ1n) is 5.54. The van der Waals surface area contributed by atoms with E-state index in [1.54, 1.807) is 11.8 Å². The fraction of sp³-hybridized carbons (Fsp3) is 0.909. The highest BCUT2D eigenvalue weighted by molar-refractivity contribution is 7.98. The Morgan fingerprint density at radius 2 is 2.07 bits per heavy atom. The number of Topliss-reactive ketones (excluding diaryl/α,β-unsaturated/α-hetero) is 1. The van der Waals surface area contributed by atoms with Gasteiger partial charge in [-0.1, -0.05) is 19.3 Å². The van der Waals surface area contributed by atoms with Gasteiger partial charge in [-0.05, 0) is 31.3 Å². The van der Waals surface area contributed by atoms with Crippen molar-refractivity contribution in [3.05, 3.63) is 0 Å². The van der Waals surface area contributed by atoms with Gasteiger partial charge in [0.1, 0.15) is 0 Å². The highest BCUT2D eigenvalue weighted by Gasteiger charge is 2.25. The van der Waals surface area contributed by atoms with E-state index in [2.05, 4.69) is 6.26 Å². The van der Waals surface area contributed by atoms with Crippen molar-refractivity contribution in [2.24, 2.45) is 11.7 Å². The summed E-state index contributed by atoms with van der Waals surface area (Å²) in [5, 5.41) is 0. The third kappa shape index (κ3) is 3.62. The largest absolute Gasteiger partial charge is 0.321 e. The summed E-state index contributed by atoms with van der Waals surface area (Å²) in [5.41, 5.74) is 5.87. The fourth-order valence-corrected chi connectivity index (χ4v) is 2.57. The lowest BCUT2D eigenvalue weighted by molar-refractivity contribution is -0.125. The number of hydrogen-bond donors (Lipinski definition) is 1. The second kappa shape index (κ2) is 6.46. The van der Waals surface area contributed by atoms with Crippen molar-refractivity contribution >= 4 is 17.5 Å². The van der Waals surface area contributed by atoms with Gasteiger partial charge in [-0.25, -0.2) is 0 Å². The third-order valence-electron chi connectivity index (χ3n) is 3.01. The molecule has 0 aromatic heterocycles. The number of carbonyl (C=O) groups excluding carboxylic acids is 1. The molecule has 0 aliphatic heterocycles. The van der Waals surface area contributed by atoms with E-state index in [-0.39, 0.29) is 12.0 Å². The molecular formula is C11H21NOS. The summed E-state index contributed by atoms with van der Waals surface area (Å²) in [6.07, 6.45) is 8.77. The molecule has 3 heteroatoms. The molecule has 1 fully saturated rings. The first kappa shape index (κ1) is 12.1. The van der Waals surface area contributed by atoms with Crippen LogP contribution in [0.3, 0.4) is 0 Å². The minimum absolute atomic E-state index is 0.203. The lowest BCUT2D eigenvalue weighted by Crippen LogP contribution is -2.36. The summed E-state index contributed by atoms with van der Waals surface area (Å²) >= 11 is 1.76. The SMILES string of the molecule is CSCC[C@H](N)C(=O)C1CCCCC1. The summed E-state index contributed by atoms with van der Waals surface area (Å²) in [5.74, 6) is 1.60. The van der Waals surface area contributed by atoms with Crippen LogP contribution in [-0.4, -0.2) is 23.8 Å². The first-order chi connectivity index (χ1) is 6.75. The van der Waals surface area contributed by atoms with Gasteiger partial charge in [0.2, 0.25) is 0 Å². The molecule has 0 heterocycles. The standard InChI is InChI=1S/C11H21NOS/c1-14-8-7-10(12)11(13)9-5-3-2-4-6-9/h9-10H,2-8,12H2,1H3/t10-/m0/s1. The summed E-state index contributed by atoms with van der Waals surface area (Å²) < 4.78 is 0. The maximum atomic E-state index is 11.9. The summed E-state index contributed by atoms with van der Waals surface area (Å²) in [7, 11) is 0. The predicted octanol–water partition coefficient (Wildman–Crippen LogP) is 2.22. The Kier molecular flexibility index (Phi) is 5.56. The molecule has 0 aromatic carbocycles. The maximum absolute atomic E-state index is 11.9. The average Bonchev–Trinajstić information content (AvgIpc) is 2.26. The zero-order valence-electron chi connectivity index (χ0n) is 9.00. The van der Waals surface area contributed by atoms with Gasteiger partial charge in [0.05, 0.1) is 6.04 Å². The van der Waals surface area contributed by atoms with E-state index >= 15 is 0 Å². The quantitative estimate of drug-likeness (QED) is 0.764. The highest BCUT2D eigenvalue weighted by atomic mass is 32.2. The molecule has 0 unspecified atom stereocenters. The predicted molar refractivity (Wildman–Crippen MR) is 62.6 cm³/mol. The number of hydrogen-bond acceptors (Lipinski definition) is 3. The van der Waals surface area contributed by atoms with Crippen LogP contribution < -0.4 is 5.73 Å². The van der Waals surface area contributed by atoms with E-state index in [4.69, 9.17) is 5.73 Å². The second-order valence-corrected chi connectivity index (χ2v) is 5.11. The van der Waals surface area contributed by atoms with Crippen LogP contribution in [0.2, 0.25) is 0 Å². The number of nitrogens with two attached hydrogens (primary N) is 1. The molecule has 1 saturated carbocycles. The molecular weight excluding hydrogens is 194 g/mol. The Morgan fingerprint density at radius 1 is 1.43 bits per heavy atom. The van der Waals surface area contributed by atoms with Crippen molar-refractivity contribution in [3.63, 3.8) is 0 Å². The van der Waals surface area contributed by atoms with Crippen molar-refractivity contribution < 1.29 is 4.79 Å². The van der Waals surface area contributed by atoms with Gasteiger partial charge in [0.15, 0.2) is 5.78 Å².